The predicted molar refractivity (Wildman–Crippen MR) is 69.0 cm³/mol. The van der Waals surface area contributed by atoms with Gasteiger partial charge in [-0.05, 0) is 18.7 Å². The molecule has 0 unspecified atom stereocenters. The summed E-state index contributed by atoms with van der Waals surface area (Å²) < 4.78 is 0. The molecule has 86 valence electrons. The topological polar surface area (TPSA) is 19.4 Å². The average molecular weight is 238 g/mol. The van der Waals surface area contributed by atoms with Crippen LogP contribution in [0.5, 0.6) is 0 Å². The highest BCUT2D eigenvalue weighted by Gasteiger charge is 2.15. The number of rotatable bonds is 2. The standard InChI is InChI=1S/C12H16ClN3/c1-3-10-8-12(14-9-11(10)13)16-6-4-15(2)5-7-16/h3,8-9H,1,4-7H2,2H3. The maximum absolute atomic E-state index is 6.00. The van der Waals surface area contributed by atoms with E-state index in [2.05, 4.69) is 28.4 Å². The van der Waals surface area contributed by atoms with Gasteiger partial charge >= 0.3 is 0 Å². The fourth-order valence-electron chi connectivity index (χ4n) is 1.81. The zero-order valence-corrected chi connectivity index (χ0v) is 10.2. The summed E-state index contributed by atoms with van der Waals surface area (Å²) >= 11 is 6.00. The first-order chi connectivity index (χ1) is 7.70. The molecule has 0 aliphatic carbocycles. The lowest BCUT2D eigenvalue weighted by Crippen LogP contribution is -2.44. The quantitative estimate of drug-likeness (QED) is 0.786. The molecule has 3 nitrogen and oxygen atoms in total. The summed E-state index contributed by atoms with van der Waals surface area (Å²) in [7, 11) is 2.14. The highest BCUT2D eigenvalue weighted by molar-refractivity contribution is 6.32. The molecule has 0 bridgehead atoms. The summed E-state index contributed by atoms with van der Waals surface area (Å²) in [4.78, 5) is 8.96. The third-order valence-corrected chi connectivity index (χ3v) is 3.23. The lowest BCUT2D eigenvalue weighted by Gasteiger charge is -2.33. The Bertz CT molecular complexity index is 384. The number of hydrogen-bond donors (Lipinski definition) is 0. The molecule has 0 radical (unpaired) electrons. The number of nitrogens with zero attached hydrogens (tertiary/aromatic N) is 3. The summed E-state index contributed by atoms with van der Waals surface area (Å²) in [6.45, 7) is 7.94. The van der Waals surface area contributed by atoms with E-state index < -0.39 is 0 Å². The van der Waals surface area contributed by atoms with Gasteiger partial charge in [-0.15, -0.1) is 0 Å². The molecule has 2 rings (SSSR count). The van der Waals surface area contributed by atoms with Crippen molar-refractivity contribution >= 4 is 23.5 Å². The Balaban J connectivity index is 2.17. The van der Waals surface area contributed by atoms with Crippen molar-refractivity contribution in [1.29, 1.82) is 0 Å². The number of halogens is 1. The van der Waals surface area contributed by atoms with Gasteiger partial charge in [0.1, 0.15) is 5.82 Å². The molecular formula is C12H16ClN3. The molecule has 16 heavy (non-hydrogen) atoms. The van der Waals surface area contributed by atoms with Gasteiger partial charge in [-0.25, -0.2) is 4.98 Å². The molecule has 1 aromatic rings. The van der Waals surface area contributed by atoms with E-state index in [1.807, 2.05) is 6.07 Å². The Labute approximate surface area is 101 Å². The largest absolute Gasteiger partial charge is 0.354 e. The normalized spacial score (nSPS) is 17.5. The number of piperazine rings is 1. The molecule has 1 saturated heterocycles. The van der Waals surface area contributed by atoms with Gasteiger partial charge in [-0.1, -0.05) is 24.3 Å². The van der Waals surface area contributed by atoms with Crippen molar-refractivity contribution in [3.63, 3.8) is 0 Å². The molecule has 0 spiro atoms. The summed E-state index contributed by atoms with van der Waals surface area (Å²) in [6.07, 6.45) is 3.47. The average Bonchev–Trinajstić information content (AvgIpc) is 2.31. The maximum atomic E-state index is 6.00. The molecule has 1 aliphatic rings. The number of pyridine rings is 1. The minimum Gasteiger partial charge on any atom is -0.354 e. The van der Waals surface area contributed by atoms with Crippen LogP contribution in [0, 0.1) is 0 Å². The van der Waals surface area contributed by atoms with Crippen LogP contribution in [-0.4, -0.2) is 43.1 Å². The van der Waals surface area contributed by atoms with E-state index >= 15 is 0 Å². The van der Waals surface area contributed by atoms with Crippen molar-refractivity contribution in [3.8, 4) is 0 Å². The van der Waals surface area contributed by atoms with Crippen LogP contribution in [0.15, 0.2) is 18.8 Å². The highest BCUT2D eigenvalue weighted by Crippen LogP contribution is 2.21. The predicted octanol–water partition coefficient (Wildman–Crippen LogP) is 2.13. The monoisotopic (exact) mass is 237 g/mol. The van der Waals surface area contributed by atoms with Gasteiger partial charge in [0, 0.05) is 32.4 Å². The van der Waals surface area contributed by atoms with Gasteiger partial charge in [-0.2, -0.15) is 0 Å². The molecule has 1 fully saturated rings. The number of anilines is 1. The van der Waals surface area contributed by atoms with Gasteiger partial charge in [0.05, 0.1) is 5.02 Å². The summed E-state index contributed by atoms with van der Waals surface area (Å²) in [5.41, 5.74) is 0.950. The fourth-order valence-corrected chi connectivity index (χ4v) is 1.99. The van der Waals surface area contributed by atoms with Crippen molar-refractivity contribution in [2.75, 3.05) is 38.1 Å². The van der Waals surface area contributed by atoms with Crippen LogP contribution in [0.1, 0.15) is 5.56 Å². The molecule has 0 N–H and O–H groups in total. The fraction of sp³-hybridized carbons (Fsp3) is 0.417. The Morgan fingerprint density at radius 3 is 2.69 bits per heavy atom. The van der Waals surface area contributed by atoms with Crippen LogP contribution in [-0.2, 0) is 0 Å². The van der Waals surface area contributed by atoms with Crippen molar-refractivity contribution in [2.24, 2.45) is 0 Å². The third kappa shape index (κ3) is 2.36. The van der Waals surface area contributed by atoms with E-state index in [0.29, 0.717) is 5.02 Å². The Morgan fingerprint density at radius 1 is 1.38 bits per heavy atom. The first-order valence-electron chi connectivity index (χ1n) is 5.42. The van der Waals surface area contributed by atoms with Crippen LogP contribution in [0.3, 0.4) is 0 Å². The molecule has 1 aliphatic heterocycles. The van der Waals surface area contributed by atoms with E-state index in [9.17, 15) is 0 Å². The maximum Gasteiger partial charge on any atom is 0.129 e. The molecule has 1 aromatic heterocycles. The minimum atomic E-state index is 0.660. The van der Waals surface area contributed by atoms with Gasteiger partial charge < -0.3 is 9.80 Å². The van der Waals surface area contributed by atoms with Gasteiger partial charge in [0.25, 0.3) is 0 Å². The zero-order valence-electron chi connectivity index (χ0n) is 9.49. The van der Waals surface area contributed by atoms with Gasteiger partial charge in [0.2, 0.25) is 0 Å². The smallest absolute Gasteiger partial charge is 0.129 e. The Kier molecular flexibility index (Phi) is 3.46. The second-order valence-corrected chi connectivity index (χ2v) is 4.47. The molecular weight excluding hydrogens is 222 g/mol. The van der Waals surface area contributed by atoms with Crippen molar-refractivity contribution in [1.82, 2.24) is 9.88 Å². The van der Waals surface area contributed by atoms with Crippen LogP contribution in [0.2, 0.25) is 5.02 Å². The number of aromatic nitrogens is 1. The van der Waals surface area contributed by atoms with E-state index in [4.69, 9.17) is 11.6 Å². The molecule has 0 amide bonds. The summed E-state index contributed by atoms with van der Waals surface area (Å²) in [5, 5.41) is 0.660. The molecule has 4 heteroatoms. The van der Waals surface area contributed by atoms with E-state index in [1.54, 1.807) is 12.3 Å². The van der Waals surface area contributed by atoms with Crippen LogP contribution >= 0.6 is 11.6 Å². The SMILES string of the molecule is C=Cc1cc(N2CCN(C)CC2)ncc1Cl. The van der Waals surface area contributed by atoms with E-state index in [0.717, 1.165) is 37.6 Å². The Hall–Kier alpha value is -1.06. The zero-order chi connectivity index (χ0) is 11.5. The van der Waals surface area contributed by atoms with Crippen LogP contribution in [0.4, 0.5) is 5.82 Å². The lowest BCUT2D eigenvalue weighted by molar-refractivity contribution is 0.312. The molecule has 0 aromatic carbocycles. The van der Waals surface area contributed by atoms with Crippen molar-refractivity contribution < 1.29 is 0 Å². The summed E-state index contributed by atoms with van der Waals surface area (Å²) in [6, 6.07) is 2.00. The highest BCUT2D eigenvalue weighted by atomic mass is 35.5. The van der Waals surface area contributed by atoms with E-state index in [-0.39, 0.29) is 0 Å². The molecule has 2 heterocycles. The first-order valence-corrected chi connectivity index (χ1v) is 5.80. The van der Waals surface area contributed by atoms with Crippen LogP contribution in [0.25, 0.3) is 6.08 Å². The first kappa shape index (κ1) is 11.4. The molecule has 0 saturated carbocycles. The van der Waals surface area contributed by atoms with Gasteiger partial charge in [-0.3, -0.25) is 0 Å². The van der Waals surface area contributed by atoms with Crippen LogP contribution < -0.4 is 4.90 Å². The second kappa shape index (κ2) is 4.85. The third-order valence-electron chi connectivity index (χ3n) is 2.92. The van der Waals surface area contributed by atoms with Crippen molar-refractivity contribution in [3.05, 3.63) is 29.4 Å². The van der Waals surface area contributed by atoms with E-state index in [1.165, 1.54) is 0 Å². The Morgan fingerprint density at radius 2 is 2.06 bits per heavy atom. The van der Waals surface area contributed by atoms with Crippen molar-refractivity contribution in [2.45, 2.75) is 0 Å². The number of likely N-dealkylation sites (N-methyl/N-ethyl adjacent to an activating group) is 1. The van der Waals surface area contributed by atoms with Gasteiger partial charge in [0.15, 0.2) is 0 Å². The summed E-state index contributed by atoms with van der Waals surface area (Å²) in [5.74, 6) is 0.993. The minimum absolute atomic E-state index is 0.660. The molecule has 0 atom stereocenters. The lowest BCUT2D eigenvalue weighted by atomic mass is 10.2. The number of hydrogen-bond acceptors (Lipinski definition) is 3. The second-order valence-electron chi connectivity index (χ2n) is 4.06.